The standard InChI is InChI=1S/C13H18N2O2S/c1-14(2)9-13(17)15(3)8-11-7-12(18-10-11)5-4-6-16/h7,10,16H,6,8-9H2,1-3H3. The third-order valence-electron chi connectivity index (χ3n) is 2.24. The summed E-state index contributed by atoms with van der Waals surface area (Å²) in [5.41, 5.74) is 1.07. The largest absolute Gasteiger partial charge is 0.384 e. The fourth-order valence-corrected chi connectivity index (χ4v) is 2.18. The molecule has 5 heteroatoms. The van der Waals surface area contributed by atoms with Crippen LogP contribution in [0.1, 0.15) is 10.4 Å². The summed E-state index contributed by atoms with van der Waals surface area (Å²) < 4.78 is 0. The molecule has 0 saturated heterocycles. The molecular formula is C13H18N2O2S. The Morgan fingerprint density at radius 1 is 1.44 bits per heavy atom. The van der Waals surface area contributed by atoms with Crippen LogP contribution in [0.4, 0.5) is 0 Å². The van der Waals surface area contributed by atoms with Crippen LogP contribution in [0.5, 0.6) is 0 Å². The Morgan fingerprint density at radius 3 is 2.78 bits per heavy atom. The SMILES string of the molecule is CN(C)CC(=O)N(C)Cc1csc(C#CCO)c1. The molecule has 0 radical (unpaired) electrons. The van der Waals surface area contributed by atoms with Gasteiger partial charge in [0.25, 0.3) is 0 Å². The Labute approximate surface area is 112 Å². The zero-order valence-corrected chi connectivity index (χ0v) is 11.8. The van der Waals surface area contributed by atoms with Gasteiger partial charge in [-0.25, -0.2) is 0 Å². The van der Waals surface area contributed by atoms with E-state index in [-0.39, 0.29) is 12.5 Å². The summed E-state index contributed by atoms with van der Waals surface area (Å²) in [5, 5.41) is 10.6. The number of carbonyl (C=O) groups is 1. The van der Waals surface area contributed by atoms with Crippen molar-refractivity contribution in [1.82, 2.24) is 9.80 Å². The van der Waals surface area contributed by atoms with Gasteiger partial charge in [0.1, 0.15) is 6.61 Å². The second kappa shape index (κ2) is 7.17. The molecule has 18 heavy (non-hydrogen) atoms. The topological polar surface area (TPSA) is 43.8 Å². The summed E-state index contributed by atoms with van der Waals surface area (Å²) in [6.07, 6.45) is 0. The number of hydrogen-bond acceptors (Lipinski definition) is 4. The van der Waals surface area contributed by atoms with E-state index in [1.807, 2.05) is 30.4 Å². The Morgan fingerprint density at radius 2 is 2.17 bits per heavy atom. The molecule has 0 saturated carbocycles. The van der Waals surface area contributed by atoms with Crippen molar-refractivity contribution in [2.24, 2.45) is 0 Å². The molecule has 1 aromatic rings. The summed E-state index contributed by atoms with van der Waals surface area (Å²) in [5.74, 6) is 5.56. The smallest absolute Gasteiger partial charge is 0.236 e. The molecule has 0 aromatic carbocycles. The van der Waals surface area contributed by atoms with Crippen molar-refractivity contribution in [3.8, 4) is 11.8 Å². The van der Waals surface area contributed by atoms with Gasteiger partial charge in [0.2, 0.25) is 5.91 Å². The van der Waals surface area contributed by atoms with Crippen LogP contribution in [0.25, 0.3) is 0 Å². The van der Waals surface area contributed by atoms with Crippen molar-refractivity contribution in [3.05, 3.63) is 21.9 Å². The van der Waals surface area contributed by atoms with Crippen LogP contribution in [-0.2, 0) is 11.3 Å². The lowest BCUT2D eigenvalue weighted by atomic mass is 10.3. The number of thiophene rings is 1. The van der Waals surface area contributed by atoms with E-state index in [0.29, 0.717) is 13.1 Å². The maximum absolute atomic E-state index is 11.8. The number of rotatable bonds is 4. The summed E-state index contributed by atoms with van der Waals surface area (Å²) >= 11 is 1.52. The van der Waals surface area contributed by atoms with Crippen LogP contribution in [0.15, 0.2) is 11.4 Å². The number of likely N-dealkylation sites (N-methyl/N-ethyl adjacent to an activating group) is 2. The van der Waals surface area contributed by atoms with Crippen molar-refractivity contribution in [2.75, 3.05) is 34.3 Å². The Bertz CT molecular complexity index is 457. The van der Waals surface area contributed by atoms with Crippen molar-refractivity contribution in [1.29, 1.82) is 0 Å². The van der Waals surface area contributed by atoms with E-state index in [0.717, 1.165) is 10.4 Å². The third kappa shape index (κ3) is 4.88. The Hall–Kier alpha value is -1.35. The first kappa shape index (κ1) is 14.7. The zero-order valence-electron chi connectivity index (χ0n) is 10.9. The minimum absolute atomic E-state index is 0.0918. The number of amides is 1. The first-order valence-corrected chi connectivity index (χ1v) is 6.46. The van der Waals surface area contributed by atoms with Crippen molar-refractivity contribution in [3.63, 3.8) is 0 Å². The molecule has 0 atom stereocenters. The van der Waals surface area contributed by atoms with Gasteiger partial charge in [0, 0.05) is 13.6 Å². The van der Waals surface area contributed by atoms with Gasteiger partial charge in [0.15, 0.2) is 0 Å². The molecule has 1 rings (SSSR count). The molecule has 98 valence electrons. The van der Waals surface area contributed by atoms with Crippen LogP contribution in [0, 0.1) is 11.8 Å². The van der Waals surface area contributed by atoms with E-state index in [9.17, 15) is 4.79 Å². The lowest BCUT2D eigenvalue weighted by Gasteiger charge is -2.18. The monoisotopic (exact) mass is 266 g/mol. The highest BCUT2D eigenvalue weighted by Gasteiger charge is 2.10. The van der Waals surface area contributed by atoms with Crippen LogP contribution >= 0.6 is 11.3 Å². The molecule has 0 unspecified atom stereocenters. The normalized spacial score (nSPS) is 10.1. The number of aliphatic hydroxyl groups is 1. The molecule has 1 heterocycles. The van der Waals surface area contributed by atoms with E-state index in [1.165, 1.54) is 11.3 Å². The second-order valence-corrected chi connectivity index (χ2v) is 5.18. The molecule has 1 aromatic heterocycles. The molecule has 0 aliphatic rings. The number of hydrogen-bond donors (Lipinski definition) is 1. The first-order chi connectivity index (χ1) is 8.52. The van der Waals surface area contributed by atoms with Crippen molar-refractivity contribution < 1.29 is 9.90 Å². The van der Waals surface area contributed by atoms with Gasteiger partial charge in [-0.1, -0.05) is 11.8 Å². The molecule has 0 aliphatic carbocycles. The molecule has 0 aliphatic heterocycles. The second-order valence-electron chi connectivity index (χ2n) is 4.27. The maximum atomic E-state index is 11.8. The predicted molar refractivity (Wildman–Crippen MR) is 73.3 cm³/mol. The molecular weight excluding hydrogens is 248 g/mol. The van der Waals surface area contributed by atoms with E-state index >= 15 is 0 Å². The van der Waals surface area contributed by atoms with E-state index in [1.54, 1.807) is 11.9 Å². The molecule has 1 N–H and O–H groups in total. The fourth-order valence-electron chi connectivity index (χ4n) is 1.40. The Balaban J connectivity index is 2.56. The predicted octanol–water partition coefficient (Wildman–Crippen LogP) is 0.612. The van der Waals surface area contributed by atoms with Crippen LogP contribution in [0.3, 0.4) is 0 Å². The highest BCUT2D eigenvalue weighted by molar-refractivity contribution is 7.10. The lowest BCUT2D eigenvalue weighted by molar-refractivity contribution is -0.131. The van der Waals surface area contributed by atoms with Gasteiger partial charge in [-0.3, -0.25) is 4.79 Å². The third-order valence-corrected chi connectivity index (χ3v) is 3.14. The van der Waals surface area contributed by atoms with Gasteiger partial charge in [0.05, 0.1) is 11.4 Å². The van der Waals surface area contributed by atoms with Crippen molar-refractivity contribution in [2.45, 2.75) is 6.54 Å². The van der Waals surface area contributed by atoms with Gasteiger partial charge in [-0.2, -0.15) is 0 Å². The fraction of sp³-hybridized carbons (Fsp3) is 0.462. The number of aliphatic hydroxyl groups excluding tert-OH is 1. The minimum Gasteiger partial charge on any atom is -0.384 e. The summed E-state index contributed by atoms with van der Waals surface area (Å²) in [6.45, 7) is 0.871. The maximum Gasteiger partial charge on any atom is 0.236 e. The molecule has 0 spiro atoms. The average molecular weight is 266 g/mol. The van der Waals surface area contributed by atoms with Crippen LogP contribution < -0.4 is 0 Å². The summed E-state index contributed by atoms with van der Waals surface area (Å²) in [7, 11) is 5.54. The van der Waals surface area contributed by atoms with E-state index < -0.39 is 0 Å². The number of nitrogens with zero attached hydrogens (tertiary/aromatic N) is 2. The van der Waals surface area contributed by atoms with E-state index in [2.05, 4.69) is 11.8 Å². The van der Waals surface area contributed by atoms with Gasteiger partial charge in [-0.15, -0.1) is 11.3 Å². The first-order valence-electron chi connectivity index (χ1n) is 5.58. The lowest BCUT2D eigenvalue weighted by Crippen LogP contribution is -2.34. The van der Waals surface area contributed by atoms with Crippen LogP contribution in [0.2, 0.25) is 0 Å². The highest BCUT2D eigenvalue weighted by atomic mass is 32.1. The van der Waals surface area contributed by atoms with Crippen LogP contribution in [-0.4, -0.2) is 55.1 Å². The number of carbonyl (C=O) groups excluding carboxylic acids is 1. The molecule has 1 amide bonds. The van der Waals surface area contributed by atoms with Gasteiger partial charge >= 0.3 is 0 Å². The zero-order chi connectivity index (χ0) is 13.5. The van der Waals surface area contributed by atoms with Gasteiger partial charge in [-0.05, 0) is 31.1 Å². The average Bonchev–Trinajstić information content (AvgIpc) is 2.73. The summed E-state index contributed by atoms with van der Waals surface area (Å²) in [4.78, 5) is 16.2. The molecule has 0 fully saturated rings. The minimum atomic E-state index is -0.130. The molecule has 0 bridgehead atoms. The van der Waals surface area contributed by atoms with Gasteiger partial charge < -0.3 is 14.9 Å². The summed E-state index contributed by atoms with van der Waals surface area (Å²) in [6, 6.07) is 1.95. The Kier molecular flexibility index (Phi) is 5.86. The quantitative estimate of drug-likeness (QED) is 0.812. The molecule has 4 nitrogen and oxygen atoms in total. The van der Waals surface area contributed by atoms with Crippen molar-refractivity contribution >= 4 is 17.2 Å². The highest BCUT2D eigenvalue weighted by Crippen LogP contribution is 2.15. The van der Waals surface area contributed by atoms with E-state index in [4.69, 9.17) is 5.11 Å².